The molecule has 1 heterocycles. The van der Waals surface area contributed by atoms with Crippen molar-refractivity contribution < 1.29 is 9.90 Å². The van der Waals surface area contributed by atoms with Gasteiger partial charge in [0.25, 0.3) is 0 Å². The first-order valence-corrected chi connectivity index (χ1v) is 7.59. The Morgan fingerprint density at radius 2 is 1.76 bits per heavy atom. The Morgan fingerprint density at radius 1 is 1.19 bits per heavy atom. The number of carboxylic acids is 1. The number of hydrogen-bond acceptors (Lipinski definition) is 2. The maximum absolute atomic E-state index is 10.8. The van der Waals surface area contributed by atoms with Crippen LogP contribution in [0.1, 0.15) is 49.5 Å². The van der Waals surface area contributed by atoms with Gasteiger partial charge in [-0.2, -0.15) is 0 Å². The second-order valence-corrected chi connectivity index (χ2v) is 7.07. The molecule has 21 heavy (non-hydrogen) atoms. The van der Waals surface area contributed by atoms with Crippen molar-refractivity contribution in [2.75, 3.05) is 19.6 Å². The van der Waals surface area contributed by atoms with Gasteiger partial charge in [-0.15, -0.1) is 0 Å². The number of rotatable bonds is 3. The fourth-order valence-corrected chi connectivity index (χ4v) is 2.77. The molecule has 3 nitrogen and oxygen atoms in total. The highest BCUT2D eigenvalue weighted by molar-refractivity contribution is 5.87. The van der Waals surface area contributed by atoms with Gasteiger partial charge in [-0.05, 0) is 36.0 Å². The second kappa shape index (κ2) is 6.44. The van der Waals surface area contributed by atoms with Gasteiger partial charge in [-0.3, -0.25) is 0 Å². The Balaban J connectivity index is 1.93. The molecule has 0 aliphatic carbocycles. The minimum Gasteiger partial charge on any atom is -0.478 e. The van der Waals surface area contributed by atoms with Gasteiger partial charge in [0.05, 0.1) is 5.56 Å². The molecule has 1 N–H and O–H groups in total. The predicted octanol–water partition coefficient (Wildman–Crippen LogP) is 3.91. The van der Waals surface area contributed by atoms with E-state index in [4.69, 9.17) is 5.11 Å². The third-order valence-electron chi connectivity index (χ3n) is 3.72. The van der Waals surface area contributed by atoms with Crippen LogP contribution in [0.3, 0.4) is 0 Å². The maximum Gasteiger partial charge on any atom is 0.335 e. The van der Waals surface area contributed by atoms with Crippen LogP contribution < -0.4 is 0 Å². The van der Waals surface area contributed by atoms with Crippen molar-refractivity contribution >= 4 is 12.0 Å². The van der Waals surface area contributed by atoms with Gasteiger partial charge in [0.1, 0.15) is 0 Å². The van der Waals surface area contributed by atoms with E-state index in [0.29, 0.717) is 11.0 Å². The van der Waals surface area contributed by atoms with Crippen molar-refractivity contribution in [2.45, 2.75) is 33.6 Å². The summed E-state index contributed by atoms with van der Waals surface area (Å²) in [6, 6.07) is 7.11. The normalized spacial score (nSPS) is 16.8. The molecule has 0 spiro atoms. The van der Waals surface area contributed by atoms with E-state index in [1.807, 2.05) is 12.1 Å². The molecule has 3 heteroatoms. The third kappa shape index (κ3) is 5.01. The molecular weight excluding hydrogens is 262 g/mol. The van der Waals surface area contributed by atoms with E-state index in [1.54, 1.807) is 12.1 Å². The molecule has 0 bridgehead atoms. The van der Waals surface area contributed by atoms with Crippen LogP contribution in [0.2, 0.25) is 0 Å². The Kier molecular flexibility index (Phi) is 4.84. The Bertz CT molecular complexity index is 513. The first kappa shape index (κ1) is 15.8. The summed E-state index contributed by atoms with van der Waals surface area (Å²) in [5.74, 6) is -0.871. The van der Waals surface area contributed by atoms with Gasteiger partial charge in [-0.25, -0.2) is 4.79 Å². The lowest BCUT2D eigenvalue weighted by molar-refractivity contribution is 0.0697. The largest absolute Gasteiger partial charge is 0.478 e. The molecular formula is C18H25NO2. The summed E-state index contributed by atoms with van der Waals surface area (Å²) >= 11 is 0. The highest BCUT2D eigenvalue weighted by Crippen LogP contribution is 2.23. The number of benzene rings is 1. The summed E-state index contributed by atoms with van der Waals surface area (Å²) in [4.78, 5) is 13.4. The summed E-state index contributed by atoms with van der Waals surface area (Å²) < 4.78 is 0. The highest BCUT2D eigenvalue weighted by Gasteiger charge is 2.19. The van der Waals surface area contributed by atoms with Crippen molar-refractivity contribution in [1.29, 1.82) is 0 Å². The first-order valence-electron chi connectivity index (χ1n) is 7.59. The number of carbonyl (C=O) groups is 1. The lowest BCUT2D eigenvalue weighted by Gasteiger charge is -2.33. The summed E-state index contributed by atoms with van der Waals surface area (Å²) in [7, 11) is 0. The van der Waals surface area contributed by atoms with E-state index in [2.05, 4.69) is 31.7 Å². The van der Waals surface area contributed by atoms with Gasteiger partial charge in [-0.1, -0.05) is 44.6 Å². The molecule has 1 fully saturated rings. The van der Waals surface area contributed by atoms with Crippen LogP contribution in [-0.4, -0.2) is 35.6 Å². The molecule has 0 saturated carbocycles. The quantitative estimate of drug-likeness (QED) is 0.916. The number of carboxylic acid groups (broad SMARTS) is 1. The van der Waals surface area contributed by atoms with E-state index >= 15 is 0 Å². The van der Waals surface area contributed by atoms with Crippen molar-refractivity contribution in [3.63, 3.8) is 0 Å². The van der Waals surface area contributed by atoms with Gasteiger partial charge in [0.2, 0.25) is 0 Å². The highest BCUT2D eigenvalue weighted by atomic mass is 16.4. The summed E-state index contributed by atoms with van der Waals surface area (Å²) in [5.41, 5.74) is 3.26. The molecule has 1 aromatic rings. The molecule has 0 amide bonds. The number of piperidine rings is 1. The SMILES string of the molecule is CC(C)(C)CN1CCC(=Cc2ccc(C(=O)O)cc2)CC1. The van der Waals surface area contributed by atoms with Crippen LogP contribution in [0.25, 0.3) is 6.08 Å². The minimum absolute atomic E-state index is 0.345. The van der Waals surface area contributed by atoms with E-state index in [9.17, 15) is 4.79 Å². The average Bonchev–Trinajstić information content (AvgIpc) is 2.40. The van der Waals surface area contributed by atoms with E-state index in [-0.39, 0.29) is 0 Å². The zero-order valence-corrected chi connectivity index (χ0v) is 13.2. The van der Waals surface area contributed by atoms with Crippen molar-refractivity contribution in [3.8, 4) is 0 Å². The van der Waals surface area contributed by atoms with E-state index < -0.39 is 5.97 Å². The molecule has 0 unspecified atom stereocenters. The van der Waals surface area contributed by atoms with Gasteiger partial charge < -0.3 is 10.0 Å². The van der Waals surface area contributed by atoms with Crippen LogP contribution in [0, 0.1) is 5.41 Å². The smallest absolute Gasteiger partial charge is 0.335 e. The van der Waals surface area contributed by atoms with Crippen molar-refractivity contribution in [3.05, 3.63) is 41.0 Å². The molecule has 0 radical (unpaired) electrons. The number of likely N-dealkylation sites (tertiary alicyclic amines) is 1. The topological polar surface area (TPSA) is 40.5 Å². The Labute approximate surface area is 127 Å². The first-order chi connectivity index (χ1) is 9.83. The molecule has 0 atom stereocenters. The summed E-state index contributed by atoms with van der Waals surface area (Å²) in [6.07, 6.45) is 4.42. The van der Waals surface area contributed by atoms with E-state index in [1.165, 1.54) is 5.57 Å². The van der Waals surface area contributed by atoms with Crippen LogP contribution in [0.4, 0.5) is 0 Å². The molecule has 0 aromatic heterocycles. The molecule has 1 saturated heterocycles. The van der Waals surface area contributed by atoms with Gasteiger partial charge in [0, 0.05) is 19.6 Å². The van der Waals surface area contributed by atoms with E-state index in [0.717, 1.165) is 38.0 Å². The van der Waals surface area contributed by atoms with Crippen LogP contribution >= 0.6 is 0 Å². The van der Waals surface area contributed by atoms with Crippen LogP contribution in [-0.2, 0) is 0 Å². The molecule has 114 valence electrons. The van der Waals surface area contributed by atoms with Crippen LogP contribution in [0.5, 0.6) is 0 Å². The fourth-order valence-electron chi connectivity index (χ4n) is 2.77. The second-order valence-electron chi connectivity index (χ2n) is 7.07. The van der Waals surface area contributed by atoms with Gasteiger partial charge >= 0.3 is 5.97 Å². The number of hydrogen-bond donors (Lipinski definition) is 1. The zero-order chi connectivity index (χ0) is 15.5. The maximum atomic E-state index is 10.8. The summed E-state index contributed by atoms with van der Waals surface area (Å²) in [5, 5.41) is 8.90. The summed E-state index contributed by atoms with van der Waals surface area (Å²) in [6.45, 7) is 10.2. The lowest BCUT2D eigenvalue weighted by atomic mass is 9.93. The zero-order valence-electron chi connectivity index (χ0n) is 13.2. The monoisotopic (exact) mass is 287 g/mol. The number of aromatic carboxylic acids is 1. The predicted molar refractivity (Wildman–Crippen MR) is 86.5 cm³/mol. The molecule has 1 aromatic carbocycles. The van der Waals surface area contributed by atoms with Crippen molar-refractivity contribution in [2.24, 2.45) is 5.41 Å². The molecule has 1 aliphatic rings. The fraction of sp³-hybridized carbons (Fsp3) is 0.500. The average molecular weight is 287 g/mol. The minimum atomic E-state index is -0.871. The molecule has 2 rings (SSSR count). The Morgan fingerprint density at radius 3 is 2.24 bits per heavy atom. The Hall–Kier alpha value is -1.61. The standard InChI is InChI=1S/C18H25NO2/c1-18(2,3)13-19-10-8-15(9-11-19)12-14-4-6-16(7-5-14)17(20)21/h4-7,12H,8-11,13H2,1-3H3,(H,20,21). The van der Waals surface area contributed by atoms with Crippen LogP contribution in [0.15, 0.2) is 29.8 Å². The lowest BCUT2D eigenvalue weighted by Crippen LogP contribution is -2.37. The van der Waals surface area contributed by atoms with Gasteiger partial charge in [0.15, 0.2) is 0 Å². The number of nitrogens with zero attached hydrogens (tertiary/aromatic N) is 1. The third-order valence-corrected chi connectivity index (χ3v) is 3.72. The molecule has 1 aliphatic heterocycles. The van der Waals surface area contributed by atoms with Crippen molar-refractivity contribution in [1.82, 2.24) is 4.90 Å².